The summed E-state index contributed by atoms with van der Waals surface area (Å²) in [5, 5.41) is 6.28. The fraction of sp³-hybridized carbons (Fsp3) is 0.368. The number of aryl methyl sites for hydroxylation is 1. The number of benzene rings is 1. The lowest BCUT2D eigenvalue weighted by Crippen LogP contribution is -2.38. The Kier molecular flexibility index (Phi) is 9.84. The van der Waals surface area contributed by atoms with Crippen LogP contribution in [-0.2, 0) is 17.7 Å². The summed E-state index contributed by atoms with van der Waals surface area (Å²) < 4.78 is 23.9. The highest BCUT2D eigenvalue weighted by Crippen LogP contribution is 2.16. The molecule has 0 unspecified atom stereocenters. The van der Waals surface area contributed by atoms with Crippen molar-refractivity contribution in [2.45, 2.75) is 26.8 Å². The number of methoxy groups -OCH3 is 1. The van der Waals surface area contributed by atoms with Gasteiger partial charge >= 0.3 is 5.97 Å². The van der Waals surface area contributed by atoms with E-state index in [0.717, 1.165) is 0 Å². The first-order valence-corrected chi connectivity index (χ1v) is 8.48. The molecule has 6 nitrogen and oxygen atoms in total. The first-order valence-electron chi connectivity index (χ1n) is 8.48. The molecule has 0 atom stereocenters. The predicted molar refractivity (Wildman–Crippen MR) is 113 cm³/mol. The van der Waals surface area contributed by atoms with Crippen molar-refractivity contribution >= 4 is 35.9 Å². The quantitative estimate of drug-likeness (QED) is 0.270. The van der Waals surface area contributed by atoms with Gasteiger partial charge in [0.25, 0.3) is 0 Å². The van der Waals surface area contributed by atoms with Gasteiger partial charge in [-0.3, -0.25) is 0 Å². The molecule has 0 aliphatic heterocycles. The predicted octanol–water partition coefficient (Wildman–Crippen LogP) is 3.43. The van der Waals surface area contributed by atoms with Crippen molar-refractivity contribution in [1.29, 1.82) is 0 Å². The Morgan fingerprint density at radius 1 is 1.30 bits per heavy atom. The summed E-state index contributed by atoms with van der Waals surface area (Å²) in [5.74, 6) is 1.01. The van der Waals surface area contributed by atoms with Crippen molar-refractivity contribution in [1.82, 2.24) is 10.6 Å². The molecule has 2 aromatic rings. The number of nitrogens with zero attached hydrogens (tertiary/aromatic N) is 1. The highest BCUT2D eigenvalue weighted by Gasteiger charge is 2.15. The van der Waals surface area contributed by atoms with Gasteiger partial charge in [-0.1, -0.05) is 18.2 Å². The SMILES string of the molecule is CCNC(=NCc1cc(C(=O)OC)c(C)o1)NCCc1ccccc1F.I. The number of furan rings is 1. The van der Waals surface area contributed by atoms with Gasteiger partial charge in [0.2, 0.25) is 0 Å². The number of hydrogen-bond acceptors (Lipinski definition) is 4. The Labute approximate surface area is 175 Å². The molecule has 0 fully saturated rings. The summed E-state index contributed by atoms with van der Waals surface area (Å²) in [5.41, 5.74) is 1.05. The van der Waals surface area contributed by atoms with E-state index in [1.54, 1.807) is 25.1 Å². The zero-order valence-corrected chi connectivity index (χ0v) is 18.0. The third kappa shape index (κ3) is 6.85. The van der Waals surface area contributed by atoms with Crippen LogP contribution in [0.5, 0.6) is 0 Å². The van der Waals surface area contributed by atoms with Gasteiger partial charge in [0, 0.05) is 13.1 Å². The summed E-state index contributed by atoms with van der Waals surface area (Å²) >= 11 is 0. The average molecular weight is 489 g/mol. The molecule has 0 aliphatic rings. The lowest BCUT2D eigenvalue weighted by atomic mass is 10.1. The summed E-state index contributed by atoms with van der Waals surface area (Å²) in [6.07, 6.45) is 0.545. The number of aliphatic imine (C=N–C) groups is 1. The Balaban J connectivity index is 0.00000364. The molecule has 0 amide bonds. The monoisotopic (exact) mass is 489 g/mol. The van der Waals surface area contributed by atoms with E-state index >= 15 is 0 Å². The standard InChI is InChI=1S/C19H24FN3O3.HI/c1-4-21-19(22-10-9-14-7-5-6-8-17(14)20)23-12-15-11-16(13(2)26-15)18(24)25-3;/h5-8,11H,4,9-10,12H2,1-3H3,(H2,21,22,23);1H. The highest BCUT2D eigenvalue weighted by molar-refractivity contribution is 14.0. The smallest absolute Gasteiger partial charge is 0.341 e. The Hall–Kier alpha value is -2.10. The molecular weight excluding hydrogens is 464 g/mol. The summed E-state index contributed by atoms with van der Waals surface area (Å²) in [6.45, 7) is 5.16. The zero-order valence-electron chi connectivity index (χ0n) is 15.7. The van der Waals surface area contributed by atoms with Gasteiger partial charge in [0.15, 0.2) is 5.96 Å². The van der Waals surface area contributed by atoms with E-state index in [2.05, 4.69) is 15.6 Å². The molecule has 0 saturated heterocycles. The van der Waals surface area contributed by atoms with Gasteiger partial charge in [0.1, 0.15) is 29.4 Å². The van der Waals surface area contributed by atoms with E-state index in [4.69, 9.17) is 9.15 Å². The Bertz CT molecular complexity index is 777. The van der Waals surface area contributed by atoms with E-state index in [0.29, 0.717) is 48.1 Å². The number of halogens is 2. The van der Waals surface area contributed by atoms with Crippen molar-refractivity contribution < 1.29 is 18.3 Å². The van der Waals surface area contributed by atoms with Crippen molar-refractivity contribution in [2.75, 3.05) is 20.2 Å². The molecule has 0 radical (unpaired) electrons. The molecule has 27 heavy (non-hydrogen) atoms. The van der Waals surface area contributed by atoms with E-state index < -0.39 is 5.97 Å². The summed E-state index contributed by atoms with van der Waals surface area (Å²) in [4.78, 5) is 16.1. The first-order chi connectivity index (χ1) is 12.5. The minimum Gasteiger partial charge on any atom is -0.465 e. The van der Waals surface area contributed by atoms with Crippen LogP contribution in [0.4, 0.5) is 4.39 Å². The van der Waals surface area contributed by atoms with E-state index in [1.807, 2.05) is 13.0 Å². The zero-order chi connectivity index (χ0) is 18.9. The third-order valence-electron chi connectivity index (χ3n) is 3.76. The van der Waals surface area contributed by atoms with E-state index in [9.17, 15) is 9.18 Å². The lowest BCUT2D eigenvalue weighted by Gasteiger charge is -2.11. The fourth-order valence-corrected chi connectivity index (χ4v) is 2.45. The number of guanidine groups is 1. The van der Waals surface area contributed by atoms with Gasteiger partial charge in [0.05, 0.1) is 7.11 Å². The van der Waals surface area contributed by atoms with Gasteiger partial charge < -0.3 is 19.8 Å². The van der Waals surface area contributed by atoms with Crippen LogP contribution in [0.1, 0.15) is 34.4 Å². The molecule has 0 saturated carbocycles. The maximum Gasteiger partial charge on any atom is 0.341 e. The normalized spacial score (nSPS) is 10.9. The molecule has 148 valence electrons. The molecule has 0 aliphatic carbocycles. The number of ether oxygens (including phenoxy) is 1. The molecule has 2 rings (SSSR count). The van der Waals surface area contributed by atoms with E-state index in [-0.39, 0.29) is 36.3 Å². The molecule has 1 heterocycles. The number of carbonyl (C=O) groups is 1. The number of hydrogen-bond donors (Lipinski definition) is 2. The first kappa shape index (κ1) is 22.9. The maximum atomic E-state index is 13.6. The molecule has 1 aromatic carbocycles. The lowest BCUT2D eigenvalue weighted by molar-refractivity contribution is 0.0599. The third-order valence-corrected chi connectivity index (χ3v) is 3.76. The van der Waals surface area contributed by atoms with Crippen LogP contribution >= 0.6 is 24.0 Å². The van der Waals surface area contributed by atoms with Crippen LogP contribution in [0, 0.1) is 12.7 Å². The fourth-order valence-electron chi connectivity index (χ4n) is 2.45. The highest BCUT2D eigenvalue weighted by atomic mass is 127. The molecule has 2 N–H and O–H groups in total. The number of esters is 1. The van der Waals surface area contributed by atoms with Gasteiger partial charge in [-0.25, -0.2) is 14.2 Å². The minimum atomic E-state index is -0.434. The van der Waals surface area contributed by atoms with Crippen LogP contribution in [-0.4, -0.2) is 32.1 Å². The Morgan fingerprint density at radius 3 is 2.70 bits per heavy atom. The summed E-state index contributed by atoms with van der Waals surface area (Å²) in [7, 11) is 1.33. The second-order valence-electron chi connectivity index (χ2n) is 5.64. The van der Waals surface area contributed by atoms with Gasteiger partial charge in [-0.05, 0) is 38.0 Å². The number of nitrogens with one attached hydrogen (secondary N) is 2. The van der Waals surface area contributed by atoms with Gasteiger partial charge in [-0.2, -0.15) is 0 Å². The summed E-state index contributed by atoms with van der Waals surface area (Å²) in [6, 6.07) is 8.34. The van der Waals surface area contributed by atoms with Crippen LogP contribution in [0.3, 0.4) is 0 Å². The molecular formula is C19H25FIN3O3. The molecule has 0 bridgehead atoms. The Morgan fingerprint density at radius 2 is 2.04 bits per heavy atom. The van der Waals surface area contributed by atoms with Crippen LogP contribution < -0.4 is 10.6 Å². The van der Waals surface area contributed by atoms with Crippen LogP contribution in [0.15, 0.2) is 39.7 Å². The van der Waals surface area contributed by atoms with Crippen molar-refractivity contribution in [3.8, 4) is 0 Å². The topological polar surface area (TPSA) is 75.9 Å². The van der Waals surface area contributed by atoms with Crippen LogP contribution in [0.25, 0.3) is 0 Å². The van der Waals surface area contributed by atoms with Crippen molar-refractivity contribution in [3.63, 3.8) is 0 Å². The van der Waals surface area contributed by atoms with E-state index in [1.165, 1.54) is 13.2 Å². The minimum absolute atomic E-state index is 0. The second kappa shape index (κ2) is 11.6. The molecule has 8 heteroatoms. The molecule has 1 aromatic heterocycles. The van der Waals surface area contributed by atoms with Crippen molar-refractivity contribution in [2.24, 2.45) is 4.99 Å². The number of carbonyl (C=O) groups excluding carboxylic acids is 1. The largest absolute Gasteiger partial charge is 0.465 e. The number of rotatable bonds is 7. The average Bonchev–Trinajstić information content (AvgIpc) is 3.01. The van der Waals surface area contributed by atoms with Gasteiger partial charge in [-0.15, -0.1) is 24.0 Å². The second-order valence-corrected chi connectivity index (χ2v) is 5.64. The molecule has 0 spiro atoms. The maximum absolute atomic E-state index is 13.6. The van der Waals surface area contributed by atoms with Crippen LogP contribution in [0.2, 0.25) is 0 Å². The van der Waals surface area contributed by atoms with Crippen molar-refractivity contribution in [3.05, 3.63) is 58.8 Å².